The topological polar surface area (TPSA) is 21.3 Å². The number of rotatable bonds is 5. The smallest absolute Gasteiger partial charge is 0.0802 e. The molecule has 0 aromatic carbocycles. The molecule has 0 amide bonds. The van der Waals surface area contributed by atoms with E-state index in [1.54, 1.807) is 11.3 Å². The third-order valence-electron chi connectivity index (χ3n) is 2.93. The number of hydrogen-bond acceptors (Lipinski definition) is 3. The highest BCUT2D eigenvalue weighted by Crippen LogP contribution is 2.42. The minimum Gasteiger partial charge on any atom is -0.379 e. The van der Waals surface area contributed by atoms with Crippen molar-refractivity contribution in [3.8, 4) is 0 Å². The van der Waals surface area contributed by atoms with Crippen LogP contribution >= 0.6 is 27.3 Å². The molecule has 0 saturated heterocycles. The zero-order valence-electron chi connectivity index (χ0n) is 9.00. The Hall–Kier alpha value is 0.1000. The van der Waals surface area contributed by atoms with Crippen molar-refractivity contribution >= 4 is 27.3 Å². The van der Waals surface area contributed by atoms with Gasteiger partial charge in [0.15, 0.2) is 0 Å². The molecule has 1 aromatic heterocycles. The van der Waals surface area contributed by atoms with Crippen LogP contribution in [0.4, 0.5) is 0 Å². The van der Waals surface area contributed by atoms with Crippen LogP contribution in [0.1, 0.15) is 23.8 Å². The summed E-state index contributed by atoms with van der Waals surface area (Å²) in [5.74, 6) is 0.737. The third-order valence-corrected chi connectivity index (χ3v) is 4.88. The molecule has 1 heterocycles. The molecule has 1 fully saturated rings. The maximum absolute atomic E-state index is 5.63. The second-order valence-corrected chi connectivity index (χ2v) is 5.74. The van der Waals surface area contributed by atoms with Crippen molar-refractivity contribution in [1.29, 1.82) is 0 Å². The molecule has 2 unspecified atom stereocenters. The normalized spacial score (nSPS) is 20.2. The van der Waals surface area contributed by atoms with Crippen LogP contribution < -0.4 is 5.32 Å². The summed E-state index contributed by atoms with van der Waals surface area (Å²) in [6.45, 7) is 0. The molecule has 0 radical (unpaired) electrons. The van der Waals surface area contributed by atoms with Crippen molar-refractivity contribution in [3.05, 3.63) is 20.8 Å². The van der Waals surface area contributed by atoms with Crippen LogP contribution in [0.5, 0.6) is 0 Å². The molecule has 4 heteroatoms. The van der Waals surface area contributed by atoms with Gasteiger partial charge in [0.2, 0.25) is 0 Å². The maximum Gasteiger partial charge on any atom is 0.0802 e. The lowest BCUT2D eigenvalue weighted by atomic mass is 10.1. The van der Waals surface area contributed by atoms with E-state index in [2.05, 4.69) is 32.7 Å². The lowest BCUT2D eigenvalue weighted by Gasteiger charge is -2.25. The van der Waals surface area contributed by atoms with E-state index in [-0.39, 0.29) is 0 Å². The van der Waals surface area contributed by atoms with Gasteiger partial charge in [-0.2, -0.15) is 0 Å². The first-order valence-corrected chi connectivity index (χ1v) is 6.88. The Morgan fingerprint density at radius 1 is 1.60 bits per heavy atom. The van der Waals surface area contributed by atoms with Gasteiger partial charge in [-0.3, -0.25) is 0 Å². The van der Waals surface area contributed by atoms with Crippen LogP contribution in [0.25, 0.3) is 0 Å². The zero-order valence-corrected chi connectivity index (χ0v) is 11.4. The summed E-state index contributed by atoms with van der Waals surface area (Å²) in [5.41, 5.74) is 0. The van der Waals surface area contributed by atoms with Crippen LogP contribution in [0.3, 0.4) is 0 Å². The molecule has 0 spiro atoms. The Labute approximate surface area is 103 Å². The van der Waals surface area contributed by atoms with E-state index in [0.29, 0.717) is 12.1 Å². The van der Waals surface area contributed by atoms with Gasteiger partial charge in [0, 0.05) is 16.5 Å². The van der Waals surface area contributed by atoms with Gasteiger partial charge in [-0.05, 0) is 53.2 Å². The first-order valence-electron chi connectivity index (χ1n) is 5.21. The highest BCUT2D eigenvalue weighted by molar-refractivity contribution is 9.10. The van der Waals surface area contributed by atoms with Gasteiger partial charge in [0.1, 0.15) is 0 Å². The van der Waals surface area contributed by atoms with E-state index in [0.717, 1.165) is 5.92 Å². The number of halogens is 1. The molecule has 1 aliphatic rings. The molecule has 2 rings (SSSR count). The predicted molar refractivity (Wildman–Crippen MR) is 67.3 cm³/mol. The summed E-state index contributed by atoms with van der Waals surface area (Å²) < 4.78 is 6.82. The Bertz CT molecular complexity index is 324. The Morgan fingerprint density at radius 2 is 2.33 bits per heavy atom. The van der Waals surface area contributed by atoms with Crippen molar-refractivity contribution < 1.29 is 4.74 Å². The molecule has 1 saturated carbocycles. The molecule has 2 atom stereocenters. The molecule has 84 valence electrons. The average molecular weight is 290 g/mol. The predicted octanol–water partition coefficient (Wildman–Crippen LogP) is 3.20. The monoisotopic (exact) mass is 289 g/mol. The summed E-state index contributed by atoms with van der Waals surface area (Å²) in [7, 11) is 3.82. The summed E-state index contributed by atoms with van der Waals surface area (Å²) >= 11 is 5.37. The molecular formula is C11H16BrNOS. The first kappa shape index (κ1) is 11.6. The van der Waals surface area contributed by atoms with Crippen LogP contribution in [-0.2, 0) is 4.74 Å². The van der Waals surface area contributed by atoms with Crippen molar-refractivity contribution in [2.24, 2.45) is 5.92 Å². The SMILES string of the molecule is CNC(c1sccc1Br)C(OC)C1CC1. The van der Waals surface area contributed by atoms with Gasteiger partial charge in [-0.1, -0.05) is 0 Å². The summed E-state index contributed by atoms with van der Waals surface area (Å²) in [6.07, 6.45) is 2.92. The minimum atomic E-state index is 0.310. The lowest BCUT2D eigenvalue weighted by molar-refractivity contribution is 0.0539. The number of likely N-dealkylation sites (N-methyl/N-ethyl adjacent to an activating group) is 1. The van der Waals surface area contributed by atoms with Gasteiger partial charge in [0.05, 0.1) is 12.1 Å². The molecule has 15 heavy (non-hydrogen) atoms. The van der Waals surface area contributed by atoms with Gasteiger partial charge >= 0.3 is 0 Å². The van der Waals surface area contributed by atoms with E-state index in [4.69, 9.17) is 4.74 Å². The number of methoxy groups -OCH3 is 1. The van der Waals surface area contributed by atoms with Gasteiger partial charge < -0.3 is 10.1 Å². The van der Waals surface area contributed by atoms with Gasteiger partial charge in [-0.25, -0.2) is 0 Å². The fourth-order valence-corrected chi connectivity index (χ4v) is 3.76. The van der Waals surface area contributed by atoms with E-state index < -0.39 is 0 Å². The number of thiophene rings is 1. The van der Waals surface area contributed by atoms with Crippen molar-refractivity contribution in [2.75, 3.05) is 14.2 Å². The summed E-state index contributed by atoms with van der Waals surface area (Å²) in [6, 6.07) is 2.42. The van der Waals surface area contributed by atoms with Crippen LogP contribution in [0.2, 0.25) is 0 Å². The van der Waals surface area contributed by atoms with Crippen LogP contribution in [-0.4, -0.2) is 20.3 Å². The molecule has 0 aliphatic heterocycles. The number of ether oxygens (including phenoxy) is 1. The molecule has 2 nitrogen and oxygen atoms in total. The van der Waals surface area contributed by atoms with Crippen molar-refractivity contribution in [3.63, 3.8) is 0 Å². The number of hydrogen-bond donors (Lipinski definition) is 1. The van der Waals surface area contributed by atoms with Crippen molar-refractivity contribution in [1.82, 2.24) is 5.32 Å². The summed E-state index contributed by atoms with van der Waals surface area (Å²) in [5, 5.41) is 5.49. The summed E-state index contributed by atoms with van der Waals surface area (Å²) in [4.78, 5) is 1.34. The number of nitrogens with one attached hydrogen (secondary N) is 1. The van der Waals surface area contributed by atoms with E-state index in [9.17, 15) is 0 Å². The Balaban J connectivity index is 2.18. The molecular weight excluding hydrogens is 274 g/mol. The second-order valence-electron chi connectivity index (χ2n) is 3.94. The molecule has 0 bridgehead atoms. The standard InChI is InChI=1S/C11H16BrNOS/c1-13-9(10(14-2)7-3-4-7)11-8(12)5-6-15-11/h5-7,9-10,13H,3-4H2,1-2H3. The largest absolute Gasteiger partial charge is 0.379 e. The third kappa shape index (κ3) is 2.44. The van der Waals surface area contributed by atoms with Crippen LogP contribution in [0.15, 0.2) is 15.9 Å². The Morgan fingerprint density at radius 3 is 2.73 bits per heavy atom. The quantitative estimate of drug-likeness (QED) is 0.899. The molecule has 1 N–H and O–H groups in total. The average Bonchev–Trinajstić information content (AvgIpc) is 2.99. The first-order chi connectivity index (χ1) is 7.27. The van der Waals surface area contributed by atoms with Crippen molar-refractivity contribution in [2.45, 2.75) is 25.0 Å². The molecule has 1 aromatic rings. The van der Waals surface area contributed by atoms with Crippen LogP contribution in [0, 0.1) is 5.92 Å². The highest BCUT2D eigenvalue weighted by atomic mass is 79.9. The van der Waals surface area contributed by atoms with E-state index >= 15 is 0 Å². The minimum absolute atomic E-state index is 0.310. The molecule has 1 aliphatic carbocycles. The van der Waals surface area contributed by atoms with Gasteiger partial charge in [-0.15, -0.1) is 11.3 Å². The zero-order chi connectivity index (χ0) is 10.8. The Kier molecular flexibility index (Phi) is 3.83. The lowest BCUT2D eigenvalue weighted by Crippen LogP contribution is -2.32. The van der Waals surface area contributed by atoms with Gasteiger partial charge in [0.25, 0.3) is 0 Å². The van der Waals surface area contributed by atoms with E-state index in [1.165, 1.54) is 22.2 Å². The fourth-order valence-electron chi connectivity index (χ4n) is 2.00. The maximum atomic E-state index is 5.63. The fraction of sp³-hybridized carbons (Fsp3) is 0.636. The highest BCUT2D eigenvalue weighted by Gasteiger charge is 2.37. The second kappa shape index (κ2) is 4.95. The van der Waals surface area contributed by atoms with E-state index in [1.807, 2.05) is 14.2 Å².